The number of rotatable bonds is 4. The third kappa shape index (κ3) is 4.88. The molecule has 120 valence electrons. The van der Waals surface area contributed by atoms with E-state index in [2.05, 4.69) is 5.32 Å². The zero-order chi connectivity index (χ0) is 15.1. The number of hydrogen-bond acceptors (Lipinski definition) is 4. The van der Waals surface area contributed by atoms with Gasteiger partial charge in [0.15, 0.2) is 0 Å². The summed E-state index contributed by atoms with van der Waals surface area (Å²) in [6.45, 7) is 6.78. The van der Waals surface area contributed by atoms with Crippen LogP contribution in [0.2, 0.25) is 0 Å². The number of carbonyl (C=O) groups is 2. The van der Waals surface area contributed by atoms with Crippen molar-refractivity contribution in [3.63, 3.8) is 0 Å². The zero-order valence-corrected chi connectivity index (χ0v) is 13.0. The van der Waals surface area contributed by atoms with Crippen LogP contribution >= 0.6 is 0 Å². The Hall–Kier alpha value is -1.30. The van der Waals surface area contributed by atoms with Gasteiger partial charge >= 0.3 is 6.09 Å². The highest BCUT2D eigenvalue weighted by Gasteiger charge is 2.25. The molecule has 0 atom stereocenters. The summed E-state index contributed by atoms with van der Waals surface area (Å²) in [6.07, 6.45) is 3.75. The fourth-order valence-electron chi connectivity index (χ4n) is 3.01. The molecule has 6 heteroatoms. The van der Waals surface area contributed by atoms with E-state index < -0.39 is 0 Å². The van der Waals surface area contributed by atoms with Crippen LogP contribution in [0, 0.1) is 5.92 Å². The molecule has 0 aromatic rings. The number of ether oxygens (including phenoxy) is 1. The molecule has 2 fully saturated rings. The molecule has 2 rings (SSSR count). The molecule has 0 saturated carbocycles. The summed E-state index contributed by atoms with van der Waals surface area (Å²) in [5.74, 6) is 0.924. The van der Waals surface area contributed by atoms with E-state index in [1.807, 2.05) is 4.90 Å². The number of amides is 2. The van der Waals surface area contributed by atoms with Gasteiger partial charge in [0.25, 0.3) is 0 Å². The lowest BCUT2D eigenvalue weighted by Gasteiger charge is -2.34. The van der Waals surface area contributed by atoms with Gasteiger partial charge in [-0.05, 0) is 45.2 Å². The molecule has 0 aromatic carbocycles. The number of piperazine rings is 1. The first-order valence-electron chi connectivity index (χ1n) is 8.11. The first kappa shape index (κ1) is 16.1. The van der Waals surface area contributed by atoms with Crippen LogP contribution in [0.15, 0.2) is 0 Å². The number of piperidine rings is 1. The van der Waals surface area contributed by atoms with Crippen LogP contribution in [0.1, 0.15) is 32.6 Å². The molecule has 2 amide bonds. The van der Waals surface area contributed by atoms with Gasteiger partial charge in [-0.1, -0.05) is 0 Å². The molecule has 0 aliphatic carbocycles. The summed E-state index contributed by atoms with van der Waals surface area (Å²) in [6, 6.07) is 0. The molecular weight excluding hydrogens is 270 g/mol. The largest absolute Gasteiger partial charge is 0.450 e. The van der Waals surface area contributed by atoms with Crippen LogP contribution in [0.25, 0.3) is 0 Å². The number of hydrogen-bond donors (Lipinski definition) is 1. The lowest BCUT2D eigenvalue weighted by molar-refractivity contribution is -0.133. The van der Waals surface area contributed by atoms with E-state index in [4.69, 9.17) is 4.74 Å². The normalized spacial score (nSPS) is 20.4. The molecular formula is C15H27N3O3. The monoisotopic (exact) mass is 297 g/mol. The van der Waals surface area contributed by atoms with Crippen molar-refractivity contribution in [2.45, 2.75) is 32.6 Å². The topological polar surface area (TPSA) is 61.9 Å². The maximum Gasteiger partial charge on any atom is 0.409 e. The number of nitrogens with one attached hydrogen (secondary N) is 1. The minimum absolute atomic E-state index is 0.233. The third-order valence-corrected chi connectivity index (χ3v) is 4.38. The van der Waals surface area contributed by atoms with Crippen LogP contribution in [-0.4, -0.2) is 67.7 Å². The highest BCUT2D eigenvalue weighted by atomic mass is 16.6. The van der Waals surface area contributed by atoms with E-state index >= 15 is 0 Å². The van der Waals surface area contributed by atoms with Gasteiger partial charge in [-0.25, -0.2) is 4.79 Å². The van der Waals surface area contributed by atoms with Gasteiger partial charge in [0, 0.05) is 32.6 Å². The molecule has 6 nitrogen and oxygen atoms in total. The Morgan fingerprint density at radius 3 is 2.33 bits per heavy atom. The fraction of sp³-hybridized carbons (Fsp3) is 0.867. The fourth-order valence-corrected chi connectivity index (χ4v) is 3.01. The Labute approximate surface area is 126 Å². The van der Waals surface area contributed by atoms with Gasteiger partial charge in [0.05, 0.1) is 6.61 Å². The van der Waals surface area contributed by atoms with Gasteiger partial charge in [-0.3, -0.25) is 4.79 Å². The lowest BCUT2D eigenvalue weighted by Crippen LogP contribution is -2.50. The Balaban J connectivity index is 1.66. The first-order chi connectivity index (χ1) is 10.2. The van der Waals surface area contributed by atoms with Gasteiger partial charge in [0.1, 0.15) is 0 Å². The van der Waals surface area contributed by atoms with Crippen LogP contribution < -0.4 is 5.32 Å². The Kier molecular flexibility index (Phi) is 6.29. The van der Waals surface area contributed by atoms with Crippen molar-refractivity contribution in [2.24, 2.45) is 5.92 Å². The first-order valence-corrected chi connectivity index (χ1v) is 8.11. The van der Waals surface area contributed by atoms with Gasteiger partial charge in [0.2, 0.25) is 5.91 Å². The van der Waals surface area contributed by atoms with Crippen molar-refractivity contribution in [1.29, 1.82) is 0 Å². The van der Waals surface area contributed by atoms with E-state index in [0.717, 1.165) is 19.5 Å². The highest BCUT2D eigenvalue weighted by Crippen LogP contribution is 2.18. The second-order valence-electron chi connectivity index (χ2n) is 5.80. The van der Waals surface area contributed by atoms with E-state index in [1.165, 1.54) is 12.8 Å². The van der Waals surface area contributed by atoms with Crippen LogP contribution in [0.5, 0.6) is 0 Å². The third-order valence-electron chi connectivity index (χ3n) is 4.38. The standard InChI is InChI=1S/C15H27N3O3/c1-2-21-15(20)18-11-9-17(10-12-18)14(19)4-3-13-5-7-16-8-6-13/h13,16H,2-12H2,1H3. The van der Waals surface area contributed by atoms with Crippen molar-refractivity contribution >= 4 is 12.0 Å². The van der Waals surface area contributed by atoms with E-state index in [0.29, 0.717) is 45.1 Å². The molecule has 0 unspecified atom stereocenters. The van der Waals surface area contributed by atoms with Crippen LogP contribution in [-0.2, 0) is 9.53 Å². The van der Waals surface area contributed by atoms with Gasteiger partial charge in [-0.2, -0.15) is 0 Å². The Morgan fingerprint density at radius 1 is 1.10 bits per heavy atom. The molecule has 0 aromatic heterocycles. The summed E-state index contributed by atoms with van der Waals surface area (Å²) < 4.78 is 4.98. The quantitative estimate of drug-likeness (QED) is 0.843. The molecule has 0 radical (unpaired) electrons. The minimum Gasteiger partial charge on any atom is -0.450 e. The summed E-state index contributed by atoms with van der Waals surface area (Å²) in [5.41, 5.74) is 0. The number of nitrogens with zero attached hydrogens (tertiary/aromatic N) is 2. The van der Waals surface area contributed by atoms with E-state index in [1.54, 1.807) is 11.8 Å². The smallest absolute Gasteiger partial charge is 0.409 e. The molecule has 2 saturated heterocycles. The van der Waals surface area contributed by atoms with Crippen LogP contribution in [0.3, 0.4) is 0 Å². The van der Waals surface area contributed by atoms with Crippen molar-refractivity contribution in [3.8, 4) is 0 Å². The molecule has 1 N–H and O–H groups in total. The average molecular weight is 297 g/mol. The van der Waals surface area contributed by atoms with Gasteiger partial charge < -0.3 is 19.9 Å². The average Bonchev–Trinajstić information content (AvgIpc) is 2.54. The summed E-state index contributed by atoms with van der Waals surface area (Å²) >= 11 is 0. The summed E-state index contributed by atoms with van der Waals surface area (Å²) in [5, 5.41) is 3.35. The molecule has 2 heterocycles. The lowest BCUT2D eigenvalue weighted by atomic mass is 9.93. The Bertz CT molecular complexity index is 348. The second-order valence-corrected chi connectivity index (χ2v) is 5.80. The summed E-state index contributed by atoms with van der Waals surface area (Å²) in [4.78, 5) is 27.4. The Morgan fingerprint density at radius 2 is 1.71 bits per heavy atom. The van der Waals surface area contributed by atoms with Crippen molar-refractivity contribution in [2.75, 3.05) is 45.9 Å². The predicted molar refractivity (Wildman–Crippen MR) is 80.0 cm³/mol. The molecule has 2 aliphatic rings. The predicted octanol–water partition coefficient (Wildman–Crippen LogP) is 1.07. The van der Waals surface area contributed by atoms with E-state index in [-0.39, 0.29) is 12.0 Å². The maximum absolute atomic E-state index is 12.2. The highest BCUT2D eigenvalue weighted by molar-refractivity contribution is 5.76. The maximum atomic E-state index is 12.2. The molecule has 2 aliphatic heterocycles. The van der Waals surface area contributed by atoms with E-state index in [9.17, 15) is 9.59 Å². The van der Waals surface area contributed by atoms with Crippen molar-refractivity contribution < 1.29 is 14.3 Å². The summed E-state index contributed by atoms with van der Waals surface area (Å²) in [7, 11) is 0. The van der Waals surface area contributed by atoms with Crippen molar-refractivity contribution in [1.82, 2.24) is 15.1 Å². The molecule has 0 bridgehead atoms. The van der Waals surface area contributed by atoms with Crippen LogP contribution in [0.4, 0.5) is 4.79 Å². The minimum atomic E-state index is -0.265. The SMILES string of the molecule is CCOC(=O)N1CCN(C(=O)CCC2CCNCC2)CC1. The van der Waals surface area contributed by atoms with Crippen molar-refractivity contribution in [3.05, 3.63) is 0 Å². The second kappa shape index (κ2) is 8.22. The molecule has 0 spiro atoms. The number of carbonyl (C=O) groups excluding carboxylic acids is 2. The molecule has 21 heavy (non-hydrogen) atoms. The van der Waals surface area contributed by atoms with Gasteiger partial charge in [-0.15, -0.1) is 0 Å². The zero-order valence-electron chi connectivity index (χ0n) is 13.0.